The lowest BCUT2D eigenvalue weighted by atomic mass is 10.2. The fraction of sp³-hybridized carbons (Fsp3) is 0.357. The van der Waals surface area contributed by atoms with Crippen LogP contribution in [-0.4, -0.2) is 15.1 Å². The molecule has 0 aliphatic rings. The minimum absolute atomic E-state index is 0.260. The Hall–Kier alpha value is -1.33. The maximum atomic E-state index is 13.2. The fourth-order valence-electron chi connectivity index (χ4n) is 1.70. The van der Waals surface area contributed by atoms with Gasteiger partial charge in [-0.05, 0) is 31.0 Å². The van der Waals surface area contributed by atoms with Gasteiger partial charge in [0.2, 0.25) is 0 Å². The fourth-order valence-corrected chi connectivity index (χ4v) is 2.78. The van der Waals surface area contributed by atoms with E-state index in [1.807, 2.05) is 6.07 Å². The molecule has 1 aromatic heterocycles. The predicted molar refractivity (Wildman–Crippen MR) is 73.8 cm³/mol. The molecule has 3 nitrogen and oxygen atoms in total. The smallest absolute Gasteiger partial charge is 0.136 e. The van der Waals surface area contributed by atoms with E-state index in [-0.39, 0.29) is 11.7 Å². The number of hydrogen-bond donors (Lipinski definition) is 2. The van der Waals surface area contributed by atoms with Crippen molar-refractivity contribution in [1.29, 1.82) is 0 Å². The third-order valence-electron chi connectivity index (χ3n) is 2.70. The lowest BCUT2D eigenvalue weighted by molar-refractivity contribution is 0.189. The third-order valence-corrected chi connectivity index (χ3v) is 3.69. The molecule has 5 heteroatoms. The normalized spacial score (nSPS) is 12.9. The van der Waals surface area contributed by atoms with Crippen LogP contribution < -0.4 is 0 Å². The average molecular weight is 280 g/mol. The van der Waals surface area contributed by atoms with Gasteiger partial charge in [0.1, 0.15) is 22.8 Å². The summed E-state index contributed by atoms with van der Waals surface area (Å²) in [6.45, 7) is 5.77. The maximum Gasteiger partial charge on any atom is 0.136 e. The lowest BCUT2D eigenvalue weighted by Gasteiger charge is -2.05. The molecule has 0 aliphatic carbocycles. The summed E-state index contributed by atoms with van der Waals surface area (Å²) in [6, 6.07) is 6.41. The summed E-state index contributed by atoms with van der Waals surface area (Å²) in [5, 5.41) is 10.4. The molecule has 102 valence electrons. The molecule has 0 aliphatic heterocycles. The molecule has 2 aromatic rings. The van der Waals surface area contributed by atoms with Crippen LogP contribution in [0.2, 0.25) is 0 Å². The Morgan fingerprint density at radius 2 is 2.05 bits per heavy atom. The minimum atomic E-state index is -0.639. The Balaban J connectivity index is 2.33. The zero-order valence-electron chi connectivity index (χ0n) is 11.1. The summed E-state index contributed by atoms with van der Waals surface area (Å²) in [4.78, 5) is 8.33. The number of nitrogens with zero attached hydrogens (tertiary/aromatic N) is 1. The molecule has 0 spiro atoms. The van der Waals surface area contributed by atoms with Crippen LogP contribution in [0.4, 0.5) is 4.39 Å². The Labute approximate surface area is 116 Å². The van der Waals surface area contributed by atoms with Crippen molar-refractivity contribution >= 4 is 11.8 Å². The molecule has 1 unspecified atom stereocenters. The molecular formula is C14H17FN2OS. The molecule has 2 rings (SSSR count). The number of imidazole rings is 1. The van der Waals surface area contributed by atoms with Gasteiger partial charge in [-0.3, -0.25) is 0 Å². The van der Waals surface area contributed by atoms with Gasteiger partial charge < -0.3 is 10.1 Å². The van der Waals surface area contributed by atoms with Crippen LogP contribution in [0.5, 0.6) is 0 Å². The van der Waals surface area contributed by atoms with Gasteiger partial charge in [-0.2, -0.15) is 0 Å². The molecule has 1 heterocycles. The highest BCUT2D eigenvalue weighted by molar-refractivity contribution is 7.99. The first-order valence-electron chi connectivity index (χ1n) is 6.18. The quantitative estimate of drug-likeness (QED) is 0.893. The van der Waals surface area contributed by atoms with E-state index in [1.54, 1.807) is 13.0 Å². The number of aromatic amines is 1. The third kappa shape index (κ3) is 3.36. The highest BCUT2D eigenvalue weighted by atomic mass is 32.2. The molecule has 0 amide bonds. The van der Waals surface area contributed by atoms with Crippen LogP contribution in [-0.2, 0) is 0 Å². The molecule has 1 aromatic carbocycles. The van der Waals surface area contributed by atoms with E-state index < -0.39 is 6.10 Å². The highest BCUT2D eigenvalue weighted by Crippen LogP contribution is 2.33. The van der Waals surface area contributed by atoms with Gasteiger partial charge in [0.05, 0.1) is 5.69 Å². The number of rotatable bonds is 4. The standard InChI is InChI=1S/C14H17FN2OS/c1-8(2)12-14(17-13(16-12)9(3)18)19-11-6-4-5-10(15)7-11/h4-9,18H,1-3H3,(H,16,17). The molecular weight excluding hydrogens is 263 g/mol. The second kappa shape index (κ2) is 5.75. The van der Waals surface area contributed by atoms with Crippen LogP contribution >= 0.6 is 11.8 Å². The molecule has 0 radical (unpaired) electrons. The number of H-pyrrole nitrogens is 1. The first-order chi connectivity index (χ1) is 8.97. The number of benzene rings is 1. The predicted octanol–water partition coefficient (Wildman–Crippen LogP) is 3.88. The Morgan fingerprint density at radius 1 is 1.32 bits per heavy atom. The van der Waals surface area contributed by atoms with Gasteiger partial charge in [-0.15, -0.1) is 0 Å². The first kappa shape index (κ1) is 14.1. The van der Waals surface area contributed by atoms with Gasteiger partial charge in [0.25, 0.3) is 0 Å². The van der Waals surface area contributed by atoms with Crippen molar-refractivity contribution < 1.29 is 9.50 Å². The lowest BCUT2D eigenvalue weighted by Crippen LogP contribution is -1.94. The Bertz CT molecular complexity index is 566. The van der Waals surface area contributed by atoms with Gasteiger partial charge in [0.15, 0.2) is 0 Å². The summed E-state index contributed by atoms with van der Waals surface area (Å²) in [5.74, 6) is 0.543. The van der Waals surface area contributed by atoms with Crippen molar-refractivity contribution in [2.75, 3.05) is 0 Å². The van der Waals surface area contributed by atoms with Gasteiger partial charge in [-0.25, -0.2) is 9.37 Å². The number of aliphatic hydroxyl groups is 1. The zero-order chi connectivity index (χ0) is 14.0. The van der Waals surface area contributed by atoms with E-state index in [0.717, 1.165) is 15.6 Å². The maximum absolute atomic E-state index is 13.2. The average Bonchev–Trinajstić information content (AvgIpc) is 2.73. The van der Waals surface area contributed by atoms with Crippen LogP contribution in [0.3, 0.4) is 0 Å². The number of aliphatic hydroxyl groups excluding tert-OH is 1. The highest BCUT2D eigenvalue weighted by Gasteiger charge is 2.16. The number of hydrogen-bond acceptors (Lipinski definition) is 3. The molecule has 2 N–H and O–H groups in total. The van der Waals surface area contributed by atoms with E-state index in [4.69, 9.17) is 0 Å². The number of nitrogens with one attached hydrogen (secondary N) is 1. The number of halogens is 1. The van der Waals surface area contributed by atoms with Crippen molar-refractivity contribution in [2.24, 2.45) is 0 Å². The Kier molecular flexibility index (Phi) is 4.27. The summed E-state index contributed by atoms with van der Waals surface area (Å²) in [7, 11) is 0. The van der Waals surface area contributed by atoms with Crippen molar-refractivity contribution in [3.8, 4) is 0 Å². The second-order valence-electron chi connectivity index (χ2n) is 4.73. The monoisotopic (exact) mass is 280 g/mol. The summed E-state index contributed by atoms with van der Waals surface area (Å²) in [5.41, 5.74) is 0.963. The van der Waals surface area contributed by atoms with Crippen molar-refractivity contribution in [2.45, 2.75) is 42.7 Å². The van der Waals surface area contributed by atoms with E-state index in [1.165, 1.54) is 23.9 Å². The largest absolute Gasteiger partial charge is 0.385 e. The number of aromatic nitrogens is 2. The molecule has 1 atom stereocenters. The Morgan fingerprint density at radius 3 is 2.63 bits per heavy atom. The van der Waals surface area contributed by atoms with Crippen LogP contribution in [0, 0.1) is 5.82 Å². The van der Waals surface area contributed by atoms with Crippen molar-refractivity contribution in [1.82, 2.24) is 9.97 Å². The van der Waals surface area contributed by atoms with Crippen molar-refractivity contribution in [3.63, 3.8) is 0 Å². The molecule has 0 saturated carbocycles. The first-order valence-corrected chi connectivity index (χ1v) is 7.00. The summed E-state index contributed by atoms with van der Waals surface area (Å²) < 4.78 is 13.2. The van der Waals surface area contributed by atoms with Crippen LogP contribution in [0.1, 0.15) is 44.3 Å². The summed E-state index contributed by atoms with van der Waals surface area (Å²) in [6.07, 6.45) is -0.639. The second-order valence-corrected chi connectivity index (χ2v) is 5.79. The van der Waals surface area contributed by atoms with Crippen LogP contribution in [0.15, 0.2) is 34.2 Å². The molecule has 19 heavy (non-hydrogen) atoms. The van der Waals surface area contributed by atoms with E-state index in [0.29, 0.717) is 5.82 Å². The van der Waals surface area contributed by atoms with E-state index >= 15 is 0 Å². The minimum Gasteiger partial charge on any atom is -0.385 e. The molecule has 0 fully saturated rings. The molecule has 0 bridgehead atoms. The topological polar surface area (TPSA) is 48.9 Å². The van der Waals surface area contributed by atoms with Crippen molar-refractivity contribution in [3.05, 3.63) is 41.6 Å². The molecule has 0 saturated heterocycles. The van der Waals surface area contributed by atoms with Gasteiger partial charge in [-0.1, -0.05) is 31.7 Å². The summed E-state index contributed by atoms with van der Waals surface area (Å²) >= 11 is 1.40. The zero-order valence-corrected chi connectivity index (χ0v) is 12.0. The van der Waals surface area contributed by atoms with Crippen LogP contribution in [0.25, 0.3) is 0 Å². The SMILES string of the molecule is CC(C)c1[nH]c(C(C)O)nc1Sc1cccc(F)c1. The van der Waals surface area contributed by atoms with E-state index in [2.05, 4.69) is 23.8 Å². The van der Waals surface area contributed by atoms with Gasteiger partial charge in [0, 0.05) is 4.90 Å². The van der Waals surface area contributed by atoms with Gasteiger partial charge >= 0.3 is 0 Å². The van der Waals surface area contributed by atoms with E-state index in [9.17, 15) is 9.50 Å².